The van der Waals surface area contributed by atoms with Gasteiger partial charge in [-0.3, -0.25) is 20.2 Å². The average Bonchev–Trinajstić information content (AvgIpc) is 2.64. The standard InChI is InChI=1S/C19H15BrN2O4S/c1-25-16-9-11(8-13-17(23)21-19(27)22-18(13)24)6-7-15(16)26-10-12-4-2-3-5-14(12)20/h2-9H,10H2,1H3,(H2,21,22,23,24,27). The highest BCUT2D eigenvalue weighted by atomic mass is 79.9. The molecule has 1 fully saturated rings. The first-order chi connectivity index (χ1) is 13.0. The smallest absolute Gasteiger partial charge is 0.263 e. The van der Waals surface area contributed by atoms with E-state index in [1.807, 2.05) is 24.3 Å². The van der Waals surface area contributed by atoms with Gasteiger partial charge in [-0.25, -0.2) is 0 Å². The molecule has 6 nitrogen and oxygen atoms in total. The van der Waals surface area contributed by atoms with Crippen molar-refractivity contribution in [3.05, 3.63) is 63.6 Å². The maximum absolute atomic E-state index is 11.9. The van der Waals surface area contributed by atoms with E-state index in [0.29, 0.717) is 23.7 Å². The van der Waals surface area contributed by atoms with Gasteiger partial charge in [0, 0.05) is 10.0 Å². The van der Waals surface area contributed by atoms with Crippen LogP contribution in [0.25, 0.3) is 6.08 Å². The highest BCUT2D eigenvalue weighted by molar-refractivity contribution is 9.10. The van der Waals surface area contributed by atoms with Crippen molar-refractivity contribution in [1.29, 1.82) is 0 Å². The maximum atomic E-state index is 11.9. The first-order valence-corrected chi connectivity index (χ1v) is 9.10. The molecule has 0 aromatic heterocycles. The Labute approximate surface area is 169 Å². The molecule has 0 saturated carbocycles. The Morgan fingerprint density at radius 3 is 2.44 bits per heavy atom. The third-order valence-electron chi connectivity index (χ3n) is 3.78. The van der Waals surface area contributed by atoms with E-state index in [1.54, 1.807) is 18.2 Å². The molecule has 2 N–H and O–H groups in total. The fourth-order valence-corrected chi connectivity index (χ4v) is 3.02. The lowest BCUT2D eigenvalue weighted by Crippen LogP contribution is -2.51. The van der Waals surface area contributed by atoms with Crippen molar-refractivity contribution < 1.29 is 19.1 Å². The average molecular weight is 447 g/mol. The van der Waals surface area contributed by atoms with Crippen LogP contribution >= 0.6 is 28.1 Å². The Kier molecular flexibility index (Phi) is 5.88. The van der Waals surface area contributed by atoms with Crippen molar-refractivity contribution in [2.45, 2.75) is 6.61 Å². The third kappa shape index (κ3) is 4.53. The number of thiocarbonyl (C=S) groups is 1. The number of halogens is 1. The van der Waals surface area contributed by atoms with Gasteiger partial charge in [-0.15, -0.1) is 0 Å². The highest BCUT2D eigenvalue weighted by Gasteiger charge is 2.25. The maximum Gasteiger partial charge on any atom is 0.263 e. The second-order valence-electron chi connectivity index (χ2n) is 5.59. The number of carbonyl (C=O) groups excluding carboxylic acids is 2. The van der Waals surface area contributed by atoms with E-state index in [2.05, 4.69) is 26.6 Å². The molecule has 3 rings (SSSR count). The number of ether oxygens (including phenoxy) is 2. The summed E-state index contributed by atoms with van der Waals surface area (Å²) in [7, 11) is 1.52. The highest BCUT2D eigenvalue weighted by Crippen LogP contribution is 2.30. The molecule has 0 spiro atoms. The van der Waals surface area contributed by atoms with Gasteiger partial charge < -0.3 is 9.47 Å². The first-order valence-electron chi connectivity index (χ1n) is 7.90. The van der Waals surface area contributed by atoms with E-state index in [1.165, 1.54) is 13.2 Å². The SMILES string of the molecule is COc1cc(C=C2C(=O)NC(=S)NC2=O)ccc1OCc1ccccc1Br. The molecule has 27 heavy (non-hydrogen) atoms. The van der Waals surface area contributed by atoms with Crippen molar-refractivity contribution in [3.63, 3.8) is 0 Å². The molecule has 1 heterocycles. The second-order valence-corrected chi connectivity index (χ2v) is 6.85. The second kappa shape index (κ2) is 8.32. The van der Waals surface area contributed by atoms with Crippen LogP contribution < -0.4 is 20.1 Å². The summed E-state index contributed by atoms with van der Waals surface area (Å²) in [5, 5.41) is 4.79. The van der Waals surface area contributed by atoms with Crippen LogP contribution in [0.1, 0.15) is 11.1 Å². The van der Waals surface area contributed by atoms with Gasteiger partial charge in [0.25, 0.3) is 11.8 Å². The van der Waals surface area contributed by atoms with Gasteiger partial charge in [-0.2, -0.15) is 0 Å². The number of hydrogen-bond donors (Lipinski definition) is 2. The number of nitrogens with one attached hydrogen (secondary N) is 2. The molecule has 1 aliphatic rings. The predicted molar refractivity (Wildman–Crippen MR) is 108 cm³/mol. The van der Waals surface area contributed by atoms with Gasteiger partial charge in [-0.05, 0) is 42.1 Å². The van der Waals surface area contributed by atoms with Crippen LogP contribution in [0, 0.1) is 0 Å². The lowest BCUT2D eigenvalue weighted by atomic mass is 10.1. The zero-order valence-electron chi connectivity index (χ0n) is 14.2. The minimum atomic E-state index is -0.544. The Morgan fingerprint density at radius 2 is 1.78 bits per heavy atom. The Hall–Kier alpha value is -2.71. The zero-order chi connectivity index (χ0) is 19.4. The summed E-state index contributed by atoms with van der Waals surface area (Å²) in [4.78, 5) is 23.9. The molecule has 1 aliphatic heterocycles. The van der Waals surface area contributed by atoms with E-state index in [-0.39, 0.29) is 10.7 Å². The summed E-state index contributed by atoms with van der Waals surface area (Å²) in [5.74, 6) is -0.0494. The molecule has 0 atom stereocenters. The number of benzene rings is 2. The Morgan fingerprint density at radius 1 is 1.07 bits per heavy atom. The van der Waals surface area contributed by atoms with Crippen LogP contribution in [0.3, 0.4) is 0 Å². The molecule has 2 aromatic rings. The van der Waals surface area contributed by atoms with Crippen molar-refractivity contribution in [2.24, 2.45) is 0 Å². The van der Waals surface area contributed by atoms with Crippen molar-refractivity contribution in [1.82, 2.24) is 10.6 Å². The molecule has 138 valence electrons. The summed E-state index contributed by atoms with van der Waals surface area (Å²) < 4.78 is 12.2. The molecular weight excluding hydrogens is 432 g/mol. The van der Waals surface area contributed by atoms with Crippen molar-refractivity contribution in [2.75, 3.05) is 7.11 Å². The molecule has 0 aliphatic carbocycles. The van der Waals surface area contributed by atoms with Gasteiger partial charge >= 0.3 is 0 Å². The normalized spacial score (nSPS) is 13.7. The van der Waals surface area contributed by atoms with Crippen LogP contribution in [0.2, 0.25) is 0 Å². The number of carbonyl (C=O) groups is 2. The fraction of sp³-hybridized carbons (Fsp3) is 0.105. The molecule has 1 saturated heterocycles. The Bertz CT molecular complexity index is 936. The molecule has 8 heteroatoms. The molecule has 2 amide bonds. The van der Waals surface area contributed by atoms with Gasteiger partial charge in [0.15, 0.2) is 16.6 Å². The van der Waals surface area contributed by atoms with Gasteiger partial charge in [0.2, 0.25) is 0 Å². The first kappa shape index (κ1) is 19.1. The minimum Gasteiger partial charge on any atom is -0.493 e. The summed E-state index contributed by atoms with van der Waals surface area (Å²) in [6.07, 6.45) is 1.46. The van der Waals surface area contributed by atoms with Crippen LogP contribution in [0.15, 0.2) is 52.5 Å². The molecular formula is C19H15BrN2O4S. The van der Waals surface area contributed by atoms with Crippen LogP contribution in [0.4, 0.5) is 0 Å². The van der Waals surface area contributed by atoms with E-state index in [9.17, 15) is 9.59 Å². The number of rotatable bonds is 5. The molecule has 0 radical (unpaired) electrons. The third-order valence-corrected chi connectivity index (χ3v) is 4.76. The van der Waals surface area contributed by atoms with Gasteiger partial charge in [0.05, 0.1) is 7.11 Å². The zero-order valence-corrected chi connectivity index (χ0v) is 16.6. The van der Waals surface area contributed by atoms with E-state index in [0.717, 1.165) is 10.0 Å². The van der Waals surface area contributed by atoms with E-state index >= 15 is 0 Å². The summed E-state index contributed by atoms with van der Waals surface area (Å²) in [6.45, 7) is 0.362. The molecule has 2 aromatic carbocycles. The van der Waals surface area contributed by atoms with Gasteiger partial charge in [0.1, 0.15) is 12.2 Å². The van der Waals surface area contributed by atoms with Gasteiger partial charge in [-0.1, -0.05) is 40.2 Å². The molecule has 0 unspecified atom stereocenters. The number of hydrogen-bond acceptors (Lipinski definition) is 5. The number of amides is 2. The number of methoxy groups -OCH3 is 1. The summed E-state index contributed by atoms with van der Waals surface area (Å²) in [6, 6.07) is 12.9. The largest absolute Gasteiger partial charge is 0.493 e. The fourth-order valence-electron chi connectivity index (χ4n) is 2.44. The van der Waals surface area contributed by atoms with Crippen LogP contribution in [0.5, 0.6) is 11.5 Å². The summed E-state index contributed by atoms with van der Waals surface area (Å²) >= 11 is 8.27. The van der Waals surface area contributed by atoms with Crippen LogP contribution in [-0.4, -0.2) is 24.0 Å². The van der Waals surface area contributed by atoms with E-state index < -0.39 is 11.8 Å². The lowest BCUT2D eigenvalue weighted by molar-refractivity contribution is -0.123. The van der Waals surface area contributed by atoms with Crippen molar-refractivity contribution >= 4 is 51.2 Å². The quantitative estimate of drug-likeness (QED) is 0.419. The van der Waals surface area contributed by atoms with Crippen LogP contribution in [-0.2, 0) is 16.2 Å². The lowest BCUT2D eigenvalue weighted by Gasteiger charge is -2.16. The van der Waals surface area contributed by atoms with E-state index in [4.69, 9.17) is 21.7 Å². The topological polar surface area (TPSA) is 76.7 Å². The Balaban J connectivity index is 1.81. The molecule has 0 bridgehead atoms. The predicted octanol–water partition coefficient (Wildman–Crippen LogP) is 2.95. The summed E-state index contributed by atoms with van der Waals surface area (Å²) in [5.41, 5.74) is 1.58. The monoisotopic (exact) mass is 446 g/mol. The minimum absolute atomic E-state index is 0.00412. The van der Waals surface area contributed by atoms with Crippen molar-refractivity contribution in [3.8, 4) is 11.5 Å².